The lowest BCUT2D eigenvalue weighted by atomic mass is 10.0. The number of hydrogen-bond acceptors (Lipinski definition) is 6. The highest BCUT2D eigenvalue weighted by Crippen LogP contribution is 2.34. The number of aromatic amines is 2. The fraction of sp³-hybridized carbons (Fsp3) is 0.143. The van der Waals surface area contributed by atoms with Crippen molar-refractivity contribution in [1.82, 2.24) is 35.1 Å². The van der Waals surface area contributed by atoms with Crippen LogP contribution in [0.5, 0.6) is 0 Å². The molecule has 0 spiro atoms. The molecule has 0 saturated heterocycles. The van der Waals surface area contributed by atoms with Gasteiger partial charge in [-0.2, -0.15) is 5.10 Å². The summed E-state index contributed by atoms with van der Waals surface area (Å²) >= 11 is 0. The van der Waals surface area contributed by atoms with E-state index in [-0.39, 0.29) is 11.8 Å². The summed E-state index contributed by atoms with van der Waals surface area (Å²) in [6.07, 6.45) is 6.90. The minimum absolute atomic E-state index is 0.114. The average Bonchev–Trinajstić information content (AvgIpc) is 3.52. The standard InChI is InChI=1S/C28H23FN8O/c1-15(2)9-24(38)33-17-10-16(13-30-14-17)18-11-19-23(12-20(18)29)36-37-25(19)28-34-22-6-8-32-26(27(22)35-28)21-5-3-4-7-31-21/h3-8,10-15H,9H2,1-2H3,(H,33,38)(H,34,35)(H,36,37). The second kappa shape index (κ2) is 9.47. The van der Waals surface area contributed by atoms with E-state index in [1.807, 2.05) is 38.1 Å². The summed E-state index contributed by atoms with van der Waals surface area (Å²) in [4.78, 5) is 33.4. The van der Waals surface area contributed by atoms with Crippen molar-refractivity contribution < 1.29 is 9.18 Å². The lowest BCUT2D eigenvalue weighted by molar-refractivity contribution is -0.116. The quantitative estimate of drug-likeness (QED) is 0.264. The number of fused-ring (bicyclic) bond motifs is 2. The Morgan fingerprint density at radius 3 is 2.74 bits per heavy atom. The molecule has 0 radical (unpaired) electrons. The molecular weight excluding hydrogens is 483 g/mol. The number of pyridine rings is 3. The molecule has 0 unspecified atom stereocenters. The zero-order valence-electron chi connectivity index (χ0n) is 20.7. The Morgan fingerprint density at radius 1 is 1.03 bits per heavy atom. The summed E-state index contributed by atoms with van der Waals surface area (Å²) in [6.45, 7) is 3.94. The van der Waals surface area contributed by atoms with Crippen molar-refractivity contribution in [2.24, 2.45) is 5.92 Å². The van der Waals surface area contributed by atoms with Gasteiger partial charge in [0.2, 0.25) is 5.91 Å². The average molecular weight is 507 g/mol. The minimum Gasteiger partial charge on any atom is -0.336 e. The topological polar surface area (TPSA) is 125 Å². The molecular formula is C28H23FN8O. The van der Waals surface area contributed by atoms with Crippen LogP contribution in [0.15, 0.2) is 67.3 Å². The van der Waals surface area contributed by atoms with Crippen LogP contribution in [0.25, 0.3) is 56.0 Å². The van der Waals surface area contributed by atoms with Gasteiger partial charge in [-0.3, -0.25) is 24.8 Å². The molecule has 0 aliphatic carbocycles. The number of rotatable bonds is 6. The van der Waals surface area contributed by atoms with Crippen LogP contribution in [0.3, 0.4) is 0 Å². The molecule has 0 aliphatic rings. The third-order valence-electron chi connectivity index (χ3n) is 6.11. The first kappa shape index (κ1) is 23.4. The molecule has 5 aromatic heterocycles. The second-order valence-electron chi connectivity index (χ2n) is 9.41. The number of carbonyl (C=O) groups excluding carboxylic acids is 1. The number of halogens is 1. The Balaban J connectivity index is 1.41. The molecule has 3 N–H and O–H groups in total. The van der Waals surface area contributed by atoms with E-state index in [1.54, 1.807) is 36.9 Å². The summed E-state index contributed by atoms with van der Waals surface area (Å²) in [5.41, 5.74) is 5.24. The first-order valence-electron chi connectivity index (χ1n) is 12.2. The summed E-state index contributed by atoms with van der Waals surface area (Å²) in [7, 11) is 0. The predicted molar refractivity (Wildman–Crippen MR) is 143 cm³/mol. The smallest absolute Gasteiger partial charge is 0.224 e. The maximum atomic E-state index is 15.2. The summed E-state index contributed by atoms with van der Waals surface area (Å²) in [5, 5.41) is 10.9. The van der Waals surface area contributed by atoms with Crippen LogP contribution in [0.4, 0.5) is 10.1 Å². The van der Waals surface area contributed by atoms with E-state index in [2.05, 4.69) is 35.5 Å². The molecule has 9 nitrogen and oxygen atoms in total. The number of anilines is 1. The van der Waals surface area contributed by atoms with Crippen LogP contribution in [-0.4, -0.2) is 41.0 Å². The van der Waals surface area contributed by atoms with Gasteiger partial charge in [0.05, 0.1) is 28.6 Å². The number of imidazole rings is 1. The lowest BCUT2D eigenvalue weighted by Gasteiger charge is -2.09. The molecule has 0 bridgehead atoms. The zero-order valence-corrected chi connectivity index (χ0v) is 20.7. The Bertz CT molecular complexity index is 1790. The molecule has 10 heteroatoms. The van der Waals surface area contributed by atoms with Gasteiger partial charge in [-0.1, -0.05) is 19.9 Å². The third-order valence-corrected chi connectivity index (χ3v) is 6.11. The van der Waals surface area contributed by atoms with E-state index < -0.39 is 5.82 Å². The van der Waals surface area contributed by atoms with Crippen LogP contribution in [0.2, 0.25) is 0 Å². The van der Waals surface area contributed by atoms with Gasteiger partial charge >= 0.3 is 0 Å². The lowest BCUT2D eigenvalue weighted by Crippen LogP contribution is -2.14. The van der Waals surface area contributed by atoms with Gasteiger partial charge in [0.25, 0.3) is 0 Å². The van der Waals surface area contributed by atoms with Crippen LogP contribution in [-0.2, 0) is 4.79 Å². The molecule has 1 aromatic carbocycles. The fourth-order valence-corrected chi connectivity index (χ4v) is 4.42. The Hall–Kier alpha value is -4.99. The molecule has 6 rings (SSSR count). The number of nitrogens with one attached hydrogen (secondary N) is 3. The van der Waals surface area contributed by atoms with Gasteiger partial charge in [-0.15, -0.1) is 0 Å². The monoisotopic (exact) mass is 506 g/mol. The molecule has 0 atom stereocenters. The van der Waals surface area contributed by atoms with Gasteiger partial charge < -0.3 is 10.3 Å². The second-order valence-corrected chi connectivity index (χ2v) is 9.41. The first-order chi connectivity index (χ1) is 18.5. The maximum Gasteiger partial charge on any atom is 0.224 e. The highest BCUT2D eigenvalue weighted by molar-refractivity contribution is 5.98. The van der Waals surface area contributed by atoms with E-state index >= 15 is 4.39 Å². The van der Waals surface area contributed by atoms with Crippen LogP contribution in [0, 0.1) is 11.7 Å². The largest absolute Gasteiger partial charge is 0.336 e. The van der Waals surface area contributed by atoms with Gasteiger partial charge in [-0.05, 0) is 36.2 Å². The number of benzene rings is 1. The van der Waals surface area contributed by atoms with Gasteiger partial charge in [-0.25, -0.2) is 9.37 Å². The normalized spacial score (nSPS) is 11.5. The SMILES string of the molecule is CC(C)CC(=O)Nc1cncc(-c2cc3c(-c4nc5c(-c6ccccn6)nccc5[nH]4)n[nH]c3cc2F)c1. The number of amides is 1. The van der Waals surface area contributed by atoms with Crippen LogP contribution < -0.4 is 5.32 Å². The van der Waals surface area contributed by atoms with Crippen molar-refractivity contribution in [2.45, 2.75) is 20.3 Å². The van der Waals surface area contributed by atoms with E-state index in [4.69, 9.17) is 4.98 Å². The zero-order chi connectivity index (χ0) is 26.2. The minimum atomic E-state index is -0.439. The molecule has 5 heterocycles. The van der Waals surface area contributed by atoms with Crippen molar-refractivity contribution >= 4 is 33.5 Å². The summed E-state index contributed by atoms with van der Waals surface area (Å²) < 4.78 is 15.2. The molecule has 1 amide bonds. The summed E-state index contributed by atoms with van der Waals surface area (Å²) in [5.74, 6) is 0.184. The highest BCUT2D eigenvalue weighted by atomic mass is 19.1. The molecule has 38 heavy (non-hydrogen) atoms. The number of hydrogen-bond donors (Lipinski definition) is 3. The van der Waals surface area contributed by atoms with Gasteiger partial charge in [0.1, 0.15) is 22.7 Å². The molecule has 188 valence electrons. The molecule has 6 aromatic rings. The maximum absolute atomic E-state index is 15.2. The van der Waals surface area contributed by atoms with E-state index in [9.17, 15) is 4.79 Å². The van der Waals surface area contributed by atoms with E-state index in [1.165, 1.54) is 6.07 Å². The summed E-state index contributed by atoms with van der Waals surface area (Å²) in [6, 6.07) is 12.3. The number of aromatic nitrogens is 7. The van der Waals surface area contributed by atoms with Crippen molar-refractivity contribution in [3.05, 3.63) is 73.1 Å². The van der Waals surface area contributed by atoms with E-state index in [0.29, 0.717) is 62.6 Å². The van der Waals surface area contributed by atoms with Gasteiger partial charge in [0, 0.05) is 47.6 Å². The van der Waals surface area contributed by atoms with E-state index in [0.717, 1.165) is 5.52 Å². The van der Waals surface area contributed by atoms with Crippen LogP contribution >= 0.6 is 0 Å². The van der Waals surface area contributed by atoms with Crippen LogP contribution in [0.1, 0.15) is 20.3 Å². The fourth-order valence-electron chi connectivity index (χ4n) is 4.42. The Kier molecular flexibility index (Phi) is 5.83. The Labute approximate surface area is 216 Å². The van der Waals surface area contributed by atoms with Crippen molar-refractivity contribution in [3.8, 4) is 34.0 Å². The first-order valence-corrected chi connectivity index (χ1v) is 12.2. The Morgan fingerprint density at radius 2 is 1.92 bits per heavy atom. The number of carbonyl (C=O) groups is 1. The van der Waals surface area contributed by atoms with Gasteiger partial charge in [0.15, 0.2) is 5.82 Å². The predicted octanol–water partition coefficient (Wildman–Crippen LogP) is 5.75. The third kappa shape index (κ3) is 4.36. The molecule has 0 aliphatic heterocycles. The number of H-pyrrole nitrogens is 2. The highest BCUT2D eigenvalue weighted by Gasteiger charge is 2.19. The van der Waals surface area contributed by atoms with Crippen molar-refractivity contribution in [1.29, 1.82) is 0 Å². The van der Waals surface area contributed by atoms with Crippen molar-refractivity contribution in [3.63, 3.8) is 0 Å². The van der Waals surface area contributed by atoms with Crippen molar-refractivity contribution in [2.75, 3.05) is 5.32 Å². The number of nitrogens with zero attached hydrogens (tertiary/aromatic N) is 5. The molecule has 0 saturated carbocycles. The molecule has 0 fully saturated rings.